The van der Waals surface area contributed by atoms with Crippen LogP contribution >= 0.6 is 0 Å². The highest BCUT2D eigenvalue weighted by Gasteiger charge is 2.07. The Morgan fingerprint density at radius 3 is 2.84 bits per heavy atom. The van der Waals surface area contributed by atoms with E-state index in [2.05, 4.69) is 47.8 Å². The van der Waals surface area contributed by atoms with Crippen LogP contribution in [0.25, 0.3) is 10.9 Å². The maximum Gasteiger partial charge on any atom is 0.138 e. The van der Waals surface area contributed by atoms with Gasteiger partial charge in [-0.25, -0.2) is 0 Å². The van der Waals surface area contributed by atoms with Crippen molar-refractivity contribution in [3.05, 3.63) is 60.0 Å². The van der Waals surface area contributed by atoms with Gasteiger partial charge in [-0.1, -0.05) is 12.1 Å². The van der Waals surface area contributed by atoms with Crippen LogP contribution in [0.1, 0.15) is 11.3 Å². The van der Waals surface area contributed by atoms with Crippen LogP contribution < -0.4 is 4.74 Å². The molecule has 0 spiro atoms. The van der Waals surface area contributed by atoms with E-state index in [0.717, 1.165) is 11.4 Å². The lowest BCUT2D eigenvalue weighted by Crippen LogP contribution is -2.01. The first-order valence-electron chi connectivity index (χ1n) is 6.32. The zero-order valence-corrected chi connectivity index (χ0v) is 11.1. The zero-order valence-electron chi connectivity index (χ0n) is 11.1. The third-order valence-electron chi connectivity index (χ3n) is 3.43. The molecule has 96 valence electrons. The van der Waals surface area contributed by atoms with Crippen molar-refractivity contribution in [3.63, 3.8) is 0 Å². The van der Waals surface area contributed by atoms with Crippen LogP contribution in [-0.2, 0) is 13.7 Å². The van der Waals surface area contributed by atoms with Crippen molar-refractivity contribution in [3.8, 4) is 5.75 Å². The Morgan fingerprint density at radius 2 is 2.11 bits per heavy atom. The number of rotatable bonds is 3. The molecule has 0 unspecified atom stereocenters. The molecule has 0 N–H and O–H groups in total. The standard InChI is InChI=1S/C16H16N2O/c1-12-5-3-7-16-15(12)9-13(18(16)2)11-19-14-6-4-8-17-10-14/h3-10H,11H2,1-2H3. The fourth-order valence-electron chi connectivity index (χ4n) is 2.29. The van der Waals surface area contributed by atoms with Gasteiger partial charge in [0.15, 0.2) is 0 Å². The van der Waals surface area contributed by atoms with E-state index < -0.39 is 0 Å². The fraction of sp³-hybridized carbons (Fsp3) is 0.188. The number of hydrogen-bond acceptors (Lipinski definition) is 2. The highest BCUT2D eigenvalue weighted by atomic mass is 16.5. The van der Waals surface area contributed by atoms with Gasteiger partial charge in [-0.15, -0.1) is 0 Å². The summed E-state index contributed by atoms with van der Waals surface area (Å²) in [5, 5.41) is 1.29. The Balaban J connectivity index is 1.89. The van der Waals surface area contributed by atoms with Gasteiger partial charge in [-0.2, -0.15) is 0 Å². The molecule has 1 aromatic carbocycles. The van der Waals surface area contributed by atoms with Crippen molar-refractivity contribution in [2.75, 3.05) is 0 Å². The first kappa shape index (κ1) is 11.8. The molecule has 0 aliphatic carbocycles. The molecule has 0 bridgehead atoms. The van der Waals surface area contributed by atoms with Gasteiger partial charge in [0.05, 0.1) is 11.9 Å². The van der Waals surface area contributed by atoms with Gasteiger partial charge in [-0.05, 0) is 36.8 Å². The summed E-state index contributed by atoms with van der Waals surface area (Å²) in [5.41, 5.74) is 3.69. The summed E-state index contributed by atoms with van der Waals surface area (Å²) >= 11 is 0. The summed E-state index contributed by atoms with van der Waals surface area (Å²) in [5.74, 6) is 0.796. The van der Waals surface area contributed by atoms with Crippen molar-refractivity contribution in [1.82, 2.24) is 9.55 Å². The summed E-state index contributed by atoms with van der Waals surface area (Å²) in [6, 6.07) is 12.3. The van der Waals surface area contributed by atoms with E-state index in [1.54, 1.807) is 12.4 Å². The molecular formula is C16H16N2O. The second-order valence-corrected chi connectivity index (χ2v) is 4.68. The molecule has 3 heteroatoms. The smallest absolute Gasteiger partial charge is 0.138 e. The first-order valence-corrected chi connectivity index (χ1v) is 6.32. The molecule has 3 aromatic rings. The minimum atomic E-state index is 0.552. The minimum Gasteiger partial charge on any atom is -0.486 e. The average Bonchev–Trinajstić information content (AvgIpc) is 2.77. The molecule has 0 aliphatic rings. The number of nitrogens with zero attached hydrogens (tertiary/aromatic N) is 2. The topological polar surface area (TPSA) is 27.1 Å². The minimum absolute atomic E-state index is 0.552. The maximum atomic E-state index is 5.76. The van der Waals surface area contributed by atoms with Crippen LogP contribution in [0.2, 0.25) is 0 Å². The lowest BCUT2D eigenvalue weighted by molar-refractivity contribution is 0.296. The summed E-state index contributed by atoms with van der Waals surface area (Å²) in [6.07, 6.45) is 3.47. The highest BCUT2D eigenvalue weighted by molar-refractivity contribution is 5.84. The van der Waals surface area contributed by atoms with E-state index in [1.807, 2.05) is 12.1 Å². The summed E-state index contributed by atoms with van der Waals surface area (Å²) in [4.78, 5) is 4.04. The average molecular weight is 252 g/mol. The molecule has 19 heavy (non-hydrogen) atoms. The van der Waals surface area contributed by atoms with Crippen LogP contribution in [-0.4, -0.2) is 9.55 Å². The summed E-state index contributed by atoms with van der Waals surface area (Å²) in [7, 11) is 2.07. The molecule has 3 nitrogen and oxygen atoms in total. The van der Waals surface area contributed by atoms with E-state index >= 15 is 0 Å². The summed E-state index contributed by atoms with van der Waals surface area (Å²) in [6.45, 7) is 2.68. The van der Waals surface area contributed by atoms with E-state index in [4.69, 9.17) is 4.74 Å². The van der Waals surface area contributed by atoms with Crippen molar-refractivity contribution in [2.24, 2.45) is 7.05 Å². The number of benzene rings is 1. The Morgan fingerprint density at radius 1 is 1.21 bits per heavy atom. The second kappa shape index (κ2) is 4.76. The Labute approximate surface area is 112 Å². The van der Waals surface area contributed by atoms with Crippen molar-refractivity contribution in [1.29, 1.82) is 0 Å². The highest BCUT2D eigenvalue weighted by Crippen LogP contribution is 2.23. The van der Waals surface area contributed by atoms with Gasteiger partial charge >= 0.3 is 0 Å². The van der Waals surface area contributed by atoms with E-state index in [0.29, 0.717) is 6.61 Å². The normalized spacial score (nSPS) is 10.8. The van der Waals surface area contributed by atoms with Gasteiger partial charge in [0.2, 0.25) is 0 Å². The fourth-order valence-corrected chi connectivity index (χ4v) is 2.29. The molecule has 0 radical (unpaired) electrons. The largest absolute Gasteiger partial charge is 0.486 e. The molecule has 2 heterocycles. The third-order valence-corrected chi connectivity index (χ3v) is 3.43. The van der Waals surface area contributed by atoms with Gasteiger partial charge < -0.3 is 9.30 Å². The van der Waals surface area contributed by atoms with Crippen LogP contribution in [0.3, 0.4) is 0 Å². The molecule has 0 fully saturated rings. The number of fused-ring (bicyclic) bond motifs is 1. The molecule has 0 saturated heterocycles. The van der Waals surface area contributed by atoms with E-state index in [-0.39, 0.29) is 0 Å². The number of hydrogen-bond donors (Lipinski definition) is 0. The Hall–Kier alpha value is -2.29. The monoisotopic (exact) mass is 252 g/mol. The van der Waals surface area contributed by atoms with E-state index in [9.17, 15) is 0 Å². The van der Waals surface area contributed by atoms with Crippen LogP contribution in [0.5, 0.6) is 5.75 Å². The second-order valence-electron chi connectivity index (χ2n) is 4.68. The van der Waals surface area contributed by atoms with Gasteiger partial charge in [0.1, 0.15) is 12.4 Å². The van der Waals surface area contributed by atoms with Crippen LogP contribution in [0.4, 0.5) is 0 Å². The Kier molecular flexibility index (Phi) is 2.95. The molecule has 0 saturated carbocycles. The molecular weight excluding hydrogens is 236 g/mol. The zero-order chi connectivity index (χ0) is 13.2. The molecule has 3 rings (SSSR count). The van der Waals surface area contributed by atoms with Crippen molar-refractivity contribution >= 4 is 10.9 Å². The number of ether oxygens (including phenoxy) is 1. The lowest BCUT2D eigenvalue weighted by Gasteiger charge is -2.06. The number of pyridine rings is 1. The van der Waals surface area contributed by atoms with Crippen LogP contribution in [0.15, 0.2) is 48.8 Å². The third kappa shape index (κ3) is 2.19. The number of aryl methyl sites for hydroxylation is 2. The maximum absolute atomic E-state index is 5.76. The summed E-state index contributed by atoms with van der Waals surface area (Å²) < 4.78 is 7.94. The molecule has 0 atom stereocenters. The molecule has 0 aliphatic heterocycles. The molecule has 2 aromatic heterocycles. The van der Waals surface area contributed by atoms with Crippen LogP contribution in [0, 0.1) is 6.92 Å². The Bertz CT molecular complexity index is 701. The SMILES string of the molecule is Cc1cccc2c1cc(COc1cccnc1)n2C. The lowest BCUT2D eigenvalue weighted by atomic mass is 10.1. The van der Waals surface area contributed by atoms with E-state index in [1.165, 1.54) is 16.5 Å². The van der Waals surface area contributed by atoms with Crippen molar-refractivity contribution < 1.29 is 4.74 Å². The number of aromatic nitrogens is 2. The molecule has 0 amide bonds. The first-order chi connectivity index (χ1) is 9.25. The van der Waals surface area contributed by atoms with Gasteiger partial charge in [0.25, 0.3) is 0 Å². The quantitative estimate of drug-likeness (QED) is 0.713. The predicted molar refractivity (Wildman–Crippen MR) is 76.2 cm³/mol. The van der Waals surface area contributed by atoms with Gasteiger partial charge in [-0.3, -0.25) is 4.98 Å². The van der Waals surface area contributed by atoms with Gasteiger partial charge in [0, 0.05) is 24.1 Å². The van der Waals surface area contributed by atoms with Crippen molar-refractivity contribution in [2.45, 2.75) is 13.5 Å². The predicted octanol–water partition coefficient (Wildman–Crippen LogP) is 3.46.